The maximum atomic E-state index is 12.3. The second-order valence-electron chi connectivity index (χ2n) is 8.04. The van der Waals surface area contributed by atoms with E-state index in [2.05, 4.69) is 0 Å². The molecule has 2 N–H and O–H groups in total. The van der Waals surface area contributed by atoms with Gasteiger partial charge in [0.1, 0.15) is 5.60 Å². The van der Waals surface area contributed by atoms with Crippen LogP contribution in [0.25, 0.3) is 0 Å². The molecule has 0 aromatic rings. The summed E-state index contributed by atoms with van der Waals surface area (Å²) in [5.41, 5.74) is -0.949. The van der Waals surface area contributed by atoms with Crippen molar-refractivity contribution in [3.63, 3.8) is 0 Å². The summed E-state index contributed by atoms with van der Waals surface area (Å²) in [5.74, 6) is -0.0662. The highest BCUT2D eigenvalue weighted by Crippen LogP contribution is 2.56. The van der Waals surface area contributed by atoms with E-state index in [0.29, 0.717) is 26.1 Å². The molecule has 2 rings (SSSR count). The van der Waals surface area contributed by atoms with Gasteiger partial charge in [-0.1, -0.05) is 0 Å². The van der Waals surface area contributed by atoms with Gasteiger partial charge >= 0.3 is 12.2 Å². The Labute approximate surface area is 137 Å². The Balaban J connectivity index is 2.08. The van der Waals surface area contributed by atoms with Crippen LogP contribution in [0.3, 0.4) is 0 Å². The average molecular weight is 328 g/mol. The number of carbonyl (C=O) groups excluding carboxylic acids is 1. The molecule has 3 atom stereocenters. The van der Waals surface area contributed by atoms with Gasteiger partial charge in [-0.2, -0.15) is 0 Å². The van der Waals surface area contributed by atoms with E-state index in [0.717, 1.165) is 0 Å². The zero-order chi connectivity index (χ0) is 17.6. The quantitative estimate of drug-likeness (QED) is 0.827. The van der Waals surface area contributed by atoms with Crippen molar-refractivity contribution in [1.29, 1.82) is 0 Å². The van der Waals surface area contributed by atoms with E-state index in [4.69, 9.17) is 4.74 Å². The van der Waals surface area contributed by atoms with Crippen molar-refractivity contribution in [2.45, 2.75) is 58.8 Å². The monoisotopic (exact) mass is 328 g/mol. The van der Waals surface area contributed by atoms with Gasteiger partial charge in [0.25, 0.3) is 0 Å². The summed E-state index contributed by atoms with van der Waals surface area (Å²) >= 11 is 0. The minimum absolute atomic E-state index is 0.0662. The molecule has 0 bridgehead atoms. The number of aliphatic hydroxyl groups is 1. The number of carbonyl (C=O) groups is 2. The Kier molecular flexibility index (Phi) is 4.54. The van der Waals surface area contributed by atoms with Gasteiger partial charge in [-0.3, -0.25) is 0 Å². The minimum atomic E-state index is -0.971. The Morgan fingerprint density at radius 1 is 1.39 bits per heavy atom. The fourth-order valence-corrected chi connectivity index (χ4v) is 3.36. The third kappa shape index (κ3) is 3.71. The number of likely N-dealkylation sites (tertiary alicyclic amines) is 1. The van der Waals surface area contributed by atoms with E-state index in [9.17, 15) is 19.8 Å². The van der Waals surface area contributed by atoms with Crippen molar-refractivity contribution in [1.82, 2.24) is 9.80 Å². The molecule has 1 unspecified atom stereocenters. The predicted octanol–water partition coefficient (Wildman–Crippen LogP) is 1.99. The Morgan fingerprint density at radius 2 is 1.96 bits per heavy atom. The summed E-state index contributed by atoms with van der Waals surface area (Å²) in [5, 5.41) is 19.4. The number of ether oxygens (including phenoxy) is 1. The van der Waals surface area contributed by atoms with Crippen LogP contribution in [0, 0.1) is 11.3 Å². The molecular weight excluding hydrogens is 300 g/mol. The van der Waals surface area contributed by atoms with Crippen molar-refractivity contribution in [3.05, 3.63) is 0 Å². The molecule has 1 spiro atoms. The lowest BCUT2D eigenvalue weighted by molar-refractivity contribution is 0.0278. The highest BCUT2D eigenvalue weighted by Gasteiger charge is 2.64. The zero-order valence-corrected chi connectivity index (χ0v) is 14.6. The number of aliphatic hydroxyl groups excluding tert-OH is 1. The highest BCUT2D eigenvalue weighted by atomic mass is 16.6. The molecular formula is C16H28N2O5. The molecule has 1 saturated carbocycles. The van der Waals surface area contributed by atoms with E-state index < -0.39 is 23.9 Å². The molecule has 0 aromatic carbocycles. The molecule has 2 aliphatic rings. The average Bonchev–Trinajstić information content (AvgIpc) is 2.86. The lowest BCUT2D eigenvalue weighted by atomic mass is 9.91. The largest absolute Gasteiger partial charge is 0.465 e. The molecule has 2 amide bonds. The lowest BCUT2D eigenvalue weighted by Crippen LogP contribution is -2.42. The van der Waals surface area contributed by atoms with Crippen LogP contribution in [0.2, 0.25) is 0 Å². The summed E-state index contributed by atoms with van der Waals surface area (Å²) in [6, 6.07) is -0.143. The number of rotatable bonds is 3. The Morgan fingerprint density at radius 3 is 2.35 bits per heavy atom. The highest BCUT2D eigenvalue weighted by molar-refractivity contribution is 5.69. The second-order valence-corrected chi connectivity index (χ2v) is 8.04. The van der Waals surface area contributed by atoms with Gasteiger partial charge in [0, 0.05) is 37.0 Å². The van der Waals surface area contributed by atoms with E-state index >= 15 is 0 Å². The summed E-state index contributed by atoms with van der Waals surface area (Å²) in [7, 11) is 0. The lowest BCUT2D eigenvalue weighted by Gasteiger charge is -2.29. The van der Waals surface area contributed by atoms with Crippen LogP contribution in [0.4, 0.5) is 9.59 Å². The fourth-order valence-electron chi connectivity index (χ4n) is 3.36. The van der Waals surface area contributed by atoms with Crippen LogP contribution in [-0.4, -0.2) is 69.6 Å². The van der Waals surface area contributed by atoms with Crippen LogP contribution in [-0.2, 0) is 4.74 Å². The summed E-state index contributed by atoms with van der Waals surface area (Å²) in [6.07, 6.45) is -1.23. The molecule has 0 aromatic heterocycles. The molecule has 7 nitrogen and oxygen atoms in total. The molecule has 1 aliphatic heterocycles. The molecule has 1 heterocycles. The first kappa shape index (κ1) is 17.8. The number of nitrogens with zero attached hydrogens (tertiary/aromatic N) is 2. The topological polar surface area (TPSA) is 90.3 Å². The normalized spacial score (nSPS) is 30.0. The van der Waals surface area contributed by atoms with Gasteiger partial charge in [0.2, 0.25) is 0 Å². The summed E-state index contributed by atoms with van der Waals surface area (Å²) in [4.78, 5) is 26.7. The zero-order valence-electron chi connectivity index (χ0n) is 14.6. The van der Waals surface area contributed by atoms with Crippen molar-refractivity contribution < 1.29 is 24.5 Å². The maximum Gasteiger partial charge on any atom is 0.410 e. The first-order valence-corrected chi connectivity index (χ1v) is 8.12. The van der Waals surface area contributed by atoms with Gasteiger partial charge < -0.3 is 24.7 Å². The third-order valence-corrected chi connectivity index (χ3v) is 4.75. The van der Waals surface area contributed by atoms with Crippen molar-refractivity contribution in [3.8, 4) is 0 Å². The van der Waals surface area contributed by atoms with Crippen molar-refractivity contribution in [2.75, 3.05) is 19.6 Å². The van der Waals surface area contributed by atoms with Gasteiger partial charge in [-0.15, -0.1) is 0 Å². The molecule has 0 radical (unpaired) electrons. The number of carboxylic acid groups (broad SMARTS) is 1. The predicted molar refractivity (Wildman–Crippen MR) is 84.2 cm³/mol. The van der Waals surface area contributed by atoms with E-state index in [-0.39, 0.29) is 17.4 Å². The molecule has 1 saturated heterocycles. The first-order valence-electron chi connectivity index (χ1n) is 8.12. The number of hydrogen-bond donors (Lipinski definition) is 2. The molecule has 1 aliphatic carbocycles. The summed E-state index contributed by atoms with van der Waals surface area (Å²) in [6.45, 7) is 10.3. The smallest absolute Gasteiger partial charge is 0.410 e. The maximum absolute atomic E-state index is 12.3. The molecule has 2 fully saturated rings. The van der Waals surface area contributed by atoms with Gasteiger partial charge in [0.05, 0.1) is 6.10 Å². The van der Waals surface area contributed by atoms with E-state index in [1.54, 1.807) is 4.90 Å². The van der Waals surface area contributed by atoms with Gasteiger partial charge in [-0.25, -0.2) is 9.59 Å². The minimum Gasteiger partial charge on any atom is -0.465 e. The van der Waals surface area contributed by atoms with E-state index in [1.807, 2.05) is 34.6 Å². The first-order chi connectivity index (χ1) is 10.5. The molecule has 23 heavy (non-hydrogen) atoms. The standard InChI is InChI=1S/C16H28N2O5/c1-10(2)18(13(20)21)8-11-7-17(9-16(11)6-12(16)19)14(22)23-15(3,4)5/h10-12,19H,6-9H2,1-5H3,(H,20,21)/t11-,12-,16?/m0/s1. The van der Waals surface area contributed by atoms with Gasteiger partial charge in [0.15, 0.2) is 0 Å². The van der Waals surface area contributed by atoms with Crippen LogP contribution in [0.15, 0.2) is 0 Å². The molecule has 132 valence electrons. The van der Waals surface area contributed by atoms with Crippen LogP contribution < -0.4 is 0 Å². The van der Waals surface area contributed by atoms with Crippen LogP contribution in [0.5, 0.6) is 0 Å². The SMILES string of the molecule is CC(C)N(C[C@@H]1CN(C(=O)OC(C)(C)C)CC12C[C@@H]2O)C(=O)O. The Bertz CT molecular complexity index is 487. The third-order valence-electron chi connectivity index (χ3n) is 4.75. The number of hydrogen-bond acceptors (Lipinski definition) is 4. The second kappa shape index (κ2) is 5.85. The number of amides is 2. The summed E-state index contributed by atoms with van der Waals surface area (Å²) < 4.78 is 5.40. The van der Waals surface area contributed by atoms with Crippen molar-refractivity contribution >= 4 is 12.2 Å². The van der Waals surface area contributed by atoms with E-state index in [1.165, 1.54) is 4.90 Å². The van der Waals surface area contributed by atoms with Crippen LogP contribution in [0.1, 0.15) is 41.0 Å². The Hall–Kier alpha value is -1.50. The van der Waals surface area contributed by atoms with Crippen molar-refractivity contribution in [2.24, 2.45) is 11.3 Å². The fraction of sp³-hybridized carbons (Fsp3) is 0.875. The van der Waals surface area contributed by atoms with Gasteiger partial charge in [-0.05, 0) is 41.0 Å². The van der Waals surface area contributed by atoms with Crippen LogP contribution >= 0.6 is 0 Å². The molecule has 7 heteroatoms.